The highest BCUT2D eigenvalue weighted by molar-refractivity contribution is 8.02. The number of halogens is 2. The lowest BCUT2D eigenvalue weighted by Gasteiger charge is -2.28. The van der Waals surface area contributed by atoms with E-state index in [0.717, 1.165) is 11.0 Å². The van der Waals surface area contributed by atoms with Crippen molar-refractivity contribution < 1.29 is 23.5 Å². The summed E-state index contributed by atoms with van der Waals surface area (Å²) in [6, 6.07) is 11.0. The fourth-order valence-electron chi connectivity index (χ4n) is 3.29. The van der Waals surface area contributed by atoms with Crippen molar-refractivity contribution in [3.05, 3.63) is 53.3 Å². The molecule has 1 N–H and O–H groups in total. The normalized spacial score (nSPS) is 19.9. The number of fused-ring (bicyclic) bond motifs is 3. The van der Waals surface area contributed by atoms with Crippen molar-refractivity contribution in [1.82, 2.24) is 0 Å². The molecule has 6 nitrogen and oxygen atoms in total. The summed E-state index contributed by atoms with van der Waals surface area (Å²) in [5.41, 5.74) is 0.961. The van der Waals surface area contributed by atoms with Gasteiger partial charge in [0.05, 0.1) is 10.7 Å². The van der Waals surface area contributed by atoms with Gasteiger partial charge in [0.1, 0.15) is 5.82 Å². The molecule has 2 aliphatic rings. The number of esters is 1. The van der Waals surface area contributed by atoms with Crippen molar-refractivity contribution in [3.8, 4) is 0 Å². The highest BCUT2D eigenvalue weighted by Crippen LogP contribution is 2.56. The Morgan fingerprint density at radius 1 is 1.29 bits per heavy atom. The SMILES string of the molecule is O=C(COC(=O)C12CCC(=O)N1c1ccccc1S2)Nc1ccc(F)c(Cl)c1. The van der Waals surface area contributed by atoms with Gasteiger partial charge in [-0.2, -0.15) is 0 Å². The highest BCUT2D eigenvalue weighted by Gasteiger charge is 2.58. The van der Waals surface area contributed by atoms with E-state index >= 15 is 0 Å². The van der Waals surface area contributed by atoms with E-state index in [9.17, 15) is 18.8 Å². The molecule has 1 unspecified atom stereocenters. The lowest BCUT2D eigenvalue weighted by molar-refractivity contribution is -0.149. The third-order valence-electron chi connectivity index (χ3n) is 4.53. The smallest absolute Gasteiger partial charge is 0.344 e. The summed E-state index contributed by atoms with van der Waals surface area (Å²) in [7, 11) is 0. The lowest BCUT2D eigenvalue weighted by Crippen LogP contribution is -2.48. The Morgan fingerprint density at radius 2 is 2.07 bits per heavy atom. The minimum Gasteiger partial charge on any atom is -0.453 e. The Balaban J connectivity index is 1.44. The first-order valence-corrected chi connectivity index (χ1v) is 9.63. The number of nitrogens with one attached hydrogen (secondary N) is 1. The average Bonchev–Trinajstić information content (AvgIpc) is 3.18. The van der Waals surface area contributed by atoms with Crippen molar-refractivity contribution >= 4 is 52.5 Å². The van der Waals surface area contributed by atoms with Crippen LogP contribution < -0.4 is 10.2 Å². The molecule has 1 saturated heterocycles. The lowest BCUT2D eigenvalue weighted by atomic mass is 10.2. The van der Waals surface area contributed by atoms with Crippen LogP contribution in [0.25, 0.3) is 0 Å². The maximum atomic E-state index is 13.2. The van der Waals surface area contributed by atoms with Crippen LogP contribution in [0.4, 0.5) is 15.8 Å². The number of carbonyl (C=O) groups is 3. The molecule has 9 heteroatoms. The van der Waals surface area contributed by atoms with Gasteiger partial charge >= 0.3 is 5.97 Å². The minimum atomic E-state index is -1.18. The molecule has 0 aliphatic carbocycles. The summed E-state index contributed by atoms with van der Waals surface area (Å²) < 4.78 is 18.4. The molecule has 2 aromatic rings. The van der Waals surface area contributed by atoms with Gasteiger partial charge in [0, 0.05) is 23.4 Å². The van der Waals surface area contributed by atoms with Crippen LogP contribution in [0.5, 0.6) is 0 Å². The van der Waals surface area contributed by atoms with Gasteiger partial charge in [-0.25, -0.2) is 9.18 Å². The Labute approximate surface area is 169 Å². The van der Waals surface area contributed by atoms with Crippen LogP contribution in [0, 0.1) is 5.82 Å². The summed E-state index contributed by atoms with van der Waals surface area (Å²) >= 11 is 6.94. The molecule has 0 bridgehead atoms. The highest BCUT2D eigenvalue weighted by atomic mass is 35.5. The van der Waals surface area contributed by atoms with Crippen LogP contribution in [-0.4, -0.2) is 29.3 Å². The molecule has 2 heterocycles. The van der Waals surface area contributed by atoms with E-state index in [4.69, 9.17) is 16.3 Å². The van der Waals surface area contributed by atoms with Crippen molar-refractivity contribution in [1.29, 1.82) is 0 Å². The standard InChI is InChI=1S/C19H14ClFN2O4S/c20-12-9-11(5-6-13(12)21)22-16(24)10-27-18(26)19-8-7-17(25)23(19)14-3-1-2-4-15(14)28-19/h1-6,9H,7-8,10H2,(H,22,24). The first kappa shape index (κ1) is 18.8. The van der Waals surface area contributed by atoms with Crippen LogP contribution >= 0.6 is 23.4 Å². The summed E-state index contributed by atoms with van der Waals surface area (Å²) in [4.78, 5) is 38.4. The van der Waals surface area contributed by atoms with Gasteiger partial charge in [-0.3, -0.25) is 14.5 Å². The molecule has 2 aliphatic heterocycles. The fraction of sp³-hybridized carbons (Fsp3) is 0.211. The maximum Gasteiger partial charge on any atom is 0.344 e. The summed E-state index contributed by atoms with van der Waals surface area (Å²) in [5, 5.41) is 2.35. The molecule has 0 saturated carbocycles. The zero-order chi connectivity index (χ0) is 19.9. The minimum absolute atomic E-state index is 0.131. The second kappa shape index (κ2) is 7.10. The van der Waals surface area contributed by atoms with Crippen molar-refractivity contribution in [2.75, 3.05) is 16.8 Å². The number of rotatable bonds is 4. The van der Waals surface area contributed by atoms with Crippen LogP contribution in [-0.2, 0) is 19.1 Å². The topological polar surface area (TPSA) is 75.7 Å². The monoisotopic (exact) mass is 420 g/mol. The predicted octanol–water partition coefficient (Wildman–Crippen LogP) is 3.59. The molecule has 4 rings (SSSR count). The largest absolute Gasteiger partial charge is 0.453 e. The molecule has 1 atom stereocenters. The molecule has 0 radical (unpaired) electrons. The average molecular weight is 421 g/mol. The van der Waals surface area contributed by atoms with Crippen LogP contribution in [0.2, 0.25) is 5.02 Å². The van der Waals surface area contributed by atoms with Gasteiger partial charge in [0.25, 0.3) is 5.91 Å². The van der Waals surface area contributed by atoms with Crippen molar-refractivity contribution in [2.45, 2.75) is 22.6 Å². The quantitative estimate of drug-likeness (QED) is 0.765. The second-order valence-corrected chi connectivity index (χ2v) is 8.06. The summed E-state index contributed by atoms with van der Waals surface area (Å²) in [6.07, 6.45) is 0.538. The fourth-order valence-corrected chi connectivity index (χ4v) is 4.88. The molecular formula is C19H14ClFN2O4S. The number of amides is 2. The van der Waals surface area contributed by atoms with E-state index in [1.54, 1.807) is 12.1 Å². The number of nitrogens with zero attached hydrogens (tertiary/aromatic N) is 1. The van der Waals surface area contributed by atoms with Crippen LogP contribution in [0.15, 0.2) is 47.4 Å². The molecule has 28 heavy (non-hydrogen) atoms. The van der Waals surface area contributed by atoms with Gasteiger partial charge in [0.15, 0.2) is 11.5 Å². The molecule has 0 aromatic heterocycles. The number of para-hydroxylation sites is 1. The van der Waals surface area contributed by atoms with Gasteiger partial charge in [-0.05, 0) is 30.3 Å². The number of anilines is 2. The predicted molar refractivity (Wildman–Crippen MR) is 103 cm³/mol. The Hall–Kier alpha value is -2.58. The number of hydrogen-bond donors (Lipinski definition) is 1. The molecule has 2 amide bonds. The van der Waals surface area contributed by atoms with Gasteiger partial charge in [0.2, 0.25) is 5.91 Å². The number of thioether (sulfide) groups is 1. The molecule has 2 aromatic carbocycles. The van der Waals surface area contributed by atoms with E-state index in [1.165, 1.54) is 28.8 Å². The number of hydrogen-bond acceptors (Lipinski definition) is 5. The van der Waals surface area contributed by atoms with Gasteiger partial charge in [-0.1, -0.05) is 35.5 Å². The zero-order valence-electron chi connectivity index (χ0n) is 14.4. The van der Waals surface area contributed by atoms with Crippen molar-refractivity contribution in [2.24, 2.45) is 0 Å². The third-order valence-corrected chi connectivity index (χ3v) is 6.28. The maximum absolute atomic E-state index is 13.2. The van der Waals surface area contributed by atoms with E-state index in [1.807, 2.05) is 12.1 Å². The Kier molecular flexibility index (Phi) is 4.76. The van der Waals surface area contributed by atoms with E-state index in [0.29, 0.717) is 12.1 Å². The first-order valence-electron chi connectivity index (χ1n) is 8.44. The van der Waals surface area contributed by atoms with Gasteiger partial charge in [-0.15, -0.1) is 0 Å². The van der Waals surface area contributed by atoms with Crippen molar-refractivity contribution in [3.63, 3.8) is 0 Å². The van der Waals surface area contributed by atoms with E-state index < -0.39 is 29.2 Å². The number of benzene rings is 2. The number of ether oxygens (including phenoxy) is 1. The van der Waals surface area contributed by atoms with E-state index in [2.05, 4.69) is 5.32 Å². The van der Waals surface area contributed by atoms with Gasteiger partial charge < -0.3 is 10.1 Å². The first-order chi connectivity index (χ1) is 13.4. The second-order valence-electron chi connectivity index (χ2n) is 6.34. The van der Waals surface area contributed by atoms with E-state index in [-0.39, 0.29) is 23.0 Å². The third kappa shape index (κ3) is 3.12. The summed E-state index contributed by atoms with van der Waals surface area (Å²) in [5.74, 6) is -2.00. The molecule has 0 spiro atoms. The van der Waals surface area contributed by atoms with Crippen LogP contribution in [0.1, 0.15) is 12.8 Å². The van der Waals surface area contributed by atoms with Crippen LogP contribution in [0.3, 0.4) is 0 Å². The molecular weight excluding hydrogens is 407 g/mol. The Morgan fingerprint density at radius 3 is 2.86 bits per heavy atom. The summed E-state index contributed by atoms with van der Waals surface area (Å²) in [6.45, 7) is -0.533. The zero-order valence-corrected chi connectivity index (χ0v) is 16.0. The molecule has 144 valence electrons. The Bertz CT molecular complexity index is 1000. The number of carbonyl (C=O) groups excluding carboxylic acids is 3. The molecule has 1 fully saturated rings.